The van der Waals surface area contributed by atoms with Crippen molar-refractivity contribution in [3.8, 4) is 0 Å². The first-order valence-corrected chi connectivity index (χ1v) is 15.6. The van der Waals surface area contributed by atoms with Crippen LogP contribution >= 0.6 is 11.6 Å². The van der Waals surface area contributed by atoms with Crippen molar-refractivity contribution in [2.45, 2.75) is 58.2 Å². The highest BCUT2D eigenvalue weighted by Gasteiger charge is 2.32. The summed E-state index contributed by atoms with van der Waals surface area (Å²) in [7, 11) is -3.81. The number of benzene rings is 3. The quantitative estimate of drug-likeness (QED) is 0.294. The van der Waals surface area contributed by atoms with Gasteiger partial charge in [0.25, 0.3) is 0 Å². The molecule has 0 heterocycles. The maximum absolute atomic E-state index is 14.5. The van der Waals surface area contributed by atoms with Crippen molar-refractivity contribution in [2.24, 2.45) is 0 Å². The van der Waals surface area contributed by atoms with Crippen molar-refractivity contribution in [1.82, 2.24) is 10.2 Å². The maximum Gasteiger partial charge on any atom is 0.243 e. The van der Waals surface area contributed by atoms with Gasteiger partial charge in [0.05, 0.1) is 11.9 Å². The molecule has 10 heteroatoms. The summed E-state index contributed by atoms with van der Waals surface area (Å²) in [6.45, 7) is 5.67. The average Bonchev–Trinajstić information content (AvgIpc) is 2.89. The number of sulfonamides is 1. The van der Waals surface area contributed by atoms with E-state index in [2.05, 4.69) is 5.32 Å². The Kier molecular flexibility index (Phi) is 10.9. The van der Waals surface area contributed by atoms with Crippen molar-refractivity contribution in [3.63, 3.8) is 0 Å². The summed E-state index contributed by atoms with van der Waals surface area (Å²) in [5.74, 6) is -1.30. The number of halogens is 2. The fraction of sp³-hybridized carbons (Fsp3) is 0.355. The molecule has 0 aromatic heterocycles. The molecule has 0 aliphatic heterocycles. The number of nitrogens with zero attached hydrogens (tertiary/aromatic N) is 2. The fourth-order valence-electron chi connectivity index (χ4n) is 4.43. The lowest BCUT2D eigenvalue weighted by molar-refractivity contribution is -0.142. The van der Waals surface area contributed by atoms with Crippen LogP contribution in [0.3, 0.4) is 0 Å². The Morgan fingerprint density at radius 1 is 0.927 bits per heavy atom. The Morgan fingerprint density at radius 2 is 1.54 bits per heavy atom. The molecule has 0 bridgehead atoms. The minimum absolute atomic E-state index is 0.0534. The summed E-state index contributed by atoms with van der Waals surface area (Å²) in [5, 5.41) is 3.56. The lowest BCUT2D eigenvalue weighted by Crippen LogP contribution is -2.54. The van der Waals surface area contributed by atoms with Crippen LogP contribution in [-0.2, 0) is 32.6 Å². The summed E-state index contributed by atoms with van der Waals surface area (Å²) >= 11 is 6.08. The molecule has 7 nitrogen and oxygen atoms in total. The second-order valence-corrected chi connectivity index (χ2v) is 13.3. The topological polar surface area (TPSA) is 86.8 Å². The summed E-state index contributed by atoms with van der Waals surface area (Å²) < 4.78 is 40.4. The molecule has 2 amide bonds. The third kappa shape index (κ3) is 9.86. The van der Waals surface area contributed by atoms with Crippen LogP contribution < -0.4 is 9.62 Å². The van der Waals surface area contributed by atoms with Gasteiger partial charge in [0, 0.05) is 36.5 Å². The van der Waals surface area contributed by atoms with Crippen LogP contribution in [0.4, 0.5) is 10.1 Å². The van der Waals surface area contributed by atoms with Crippen molar-refractivity contribution in [1.29, 1.82) is 0 Å². The Hall–Kier alpha value is -3.43. The number of para-hydroxylation sites is 1. The van der Waals surface area contributed by atoms with Crippen LogP contribution in [0, 0.1) is 5.82 Å². The maximum atomic E-state index is 14.5. The van der Waals surface area contributed by atoms with Crippen LogP contribution in [0.2, 0.25) is 5.02 Å². The van der Waals surface area contributed by atoms with Crippen LogP contribution in [0.25, 0.3) is 0 Å². The molecule has 1 atom stereocenters. The molecule has 0 fully saturated rings. The molecular weight excluding hydrogens is 565 g/mol. The molecule has 3 aromatic rings. The zero-order chi connectivity index (χ0) is 30.2. The lowest BCUT2D eigenvalue weighted by Gasteiger charge is -2.34. The van der Waals surface area contributed by atoms with Gasteiger partial charge in [0.1, 0.15) is 11.9 Å². The van der Waals surface area contributed by atoms with Gasteiger partial charge in [-0.2, -0.15) is 0 Å². The molecule has 3 aromatic carbocycles. The van der Waals surface area contributed by atoms with E-state index in [1.807, 2.05) is 51.1 Å². The van der Waals surface area contributed by atoms with E-state index in [1.165, 1.54) is 23.1 Å². The van der Waals surface area contributed by atoms with Crippen molar-refractivity contribution in [3.05, 3.63) is 101 Å². The number of amides is 2. The smallest absolute Gasteiger partial charge is 0.243 e. The van der Waals surface area contributed by atoms with Crippen molar-refractivity contribution < 1.29 is 22.4 Å². The van der Waals surface area contributed by atoms with Crippen LogP contribution in [0.15, 0.2) is 78.9 Å². The van der Waals surface area contributed by atoms with Gasteiger partial charge in [-0.1, -0.05) is 66.2 Å². The van der Waals surface area contributed by atoms with E-state index < -0.39 is 27.4 Å². The number of hydrogen-bond acceptors (Lipinski definition) is 4. The largest absolute Gasteiger partial charge is 0.350 e. The Bertz CT molecular complexity index is 1430. The van der Waals surface area contributed by atoms with Gasteiger partial charge in [-0.3, -0.25) is 13.9 Å². The number of hydrogen-bond donors (Lipinski definition) is 1. The molecule has 0 radical (unpaired) electrons. The van der Waals surface area contributed by atoms with Gasteiger partial charge >= 0.3 is 0 Å². The molecule has 41 heavy (non-hydrogen) atoms. The number of rotatable bonds is 12. The monoisotopic (exact) mass is 601 g/mol. The van der Waals surface area contributed by atoms with Gasteiger partial charge in [-0.15, -0.1) is 0 Å². The summed E-state index contributed by atoms with van der Waals surface area (Å²) in [6.07, 6.45) is 1.35. The molecule has 0 spiro atoms. The van der Waals surface area contributed by atoms with E-state index in [9.17, 15) is 22.4 Å². The number of carbonyl (C=O) groups excluding carboxylic acids is 2. The highest BCUT2D eigenvalue weighted by Crippen LogP contribution is 2.23. The molecule has 0 saturated carbocycles. The van der Waals surface area contributed by atoms with Gasteiger partial charge < -0.3 is 10.2 Å². The molecule has 1 unspecified atom stereocenters. The van der Waals surface area contributed by atoms with Crippen molar-refractivity contribution in [2.75, 3.05) is 17.1 Å². The first kappa shape index (κ1) is 32.1. The minimum atomic E-state index is -3.81. The molecule has 0 aliphatic carbocycles. The number of anilines is 1. The zero-order valence-electron chi connectivity index (χ0n) is 23.8. The van der Waals surface area contributed by atoms with Gasteiger partial charge in [0.2, 0.25) is 21.8 Å². The minimum Gasteiger partial charge on any atom is -0.350 e. The van der Waals surface area contributed by atoms with Crippen LogP contribution in [0.5, 0.6) is 0 Å². The Morgan fingerprint density at radius 3 is 2.12 bits per heavy atom. The SMILES string of the molecule is CC(C)(C)NC(=O)C(Cc1ccccc1)N(Cc1ccc(Cl)cc1)C(=O)CCCN(c1ccccc1F)S(C)(=O)=O. The van der Waals surface area contributed by atoms with Gasteiger partial charge in [-0.05, 0) is 62.6 Å². The molecule has 0 saturated heterocycles. The predicted molar refractivity (Wildman–Crippen MR) is 162 cm³/mol. The summed E-state index contributed by atoms with van der Waals surface area (Å²) in [5.41, 5.74) is 1.07. The van der Waals surface area contributed by atoms with Gasteiger partial charge in [0.15, 0.2) is 0 Å². The molecule has 3 rings (SSSR count). The third-order valence-electron chi connectivity index (χ3n) is 6.31. The Balaban J connectivity index is 1.90. The van der Waals surface area contributed by atoms with E-state index in [0.29, 0.717) is 5.02 Å². The molecular formula is C31H37ClFN3O4S. The number of carbonyl (C=O) groups is 2. The number of nitrogens with one attached hydrogen (secondary N) is 1. The van der Waals surface area contributed by atoms with Crippen molar-refractivity contribution >= 4 is 39.1 Å². The van der Waals surface area contributed by atoms with Crippen LogP contribution in [0.1, 0.15) is 44.7 Å². The lowest BCUT2D eigenvalue weighted by atomic mass is 10.00. The van der Waals surface area contributed by atoms with E-state index in [0.717, 1.165) is 21.7 Å². The normalized spacial score (nSPS) is 12.4. The fourth-order valence-corrected chi connectivity index (χ4v) is 5.52. The zero-order valence-corrected chi connectivity index (χ0v) is 25.4. The second-order valence-electron chi connectivity index (χ2n) is 11.0. The highest BCUT2D eigenvalue weighted by atomic mass is 35.5. The van der Waals surface area contributed by atoms with E-state index in [1.54, 1.807) is 30.3 Å². The van der Waals surface area contributed by atoms with E-state index >= 15 is 0 Å². The third-order valence-corrected chi connectivity index (χ3v) is 7.74. The first-order chi connectivity index (χ1) is 19.2. The average molecular weight is 602 g/mol. The van der Waals surface area contributed by atoms with Crippen LogP contribution in [-0.4, -0.2) is 49.5 Å². The standard InChI is InChI=1S/C31H37ClFN3O4S/c1-31(2,3)34-30(38)28(21-23-11-6-5-7-12-23)35(22-24-16-18-25(32)19-17-24)29(37)15-10-20-36(41(4,39)40)27-14-9-8-13-26(27)33/h5-9,11-14,16-19,28H,10,15,20-22H2,1-4H3,(H,34,38). The van der Waals surface area contributed by atoms with E-state index in [4.69, 9.17) is 11.6 Å². The predicted octanol–water partition coefficient (Wildman–Crippen LogP) is 5.58. The summed E-state index contributed by atoms with van der Waals surface area (Å²) in [4.78, 5) is 29.0. The Labute approximate surface area is 247 Å². The molecule has 1 N–H and O–H groups in total. The first-order valence-electron chi connectivity index (χ1n) is 13.4. The highest BCUT2D eigenvalue weighted by molar-refractivity contribution is 7.92. The van der Waals surface area contributed by atoms with Gasteiger partial charge in [-0.25, -0.2) is 12.8 Å². The van der Waals surface area contributed by atoms with E-state index in [-0.39, 0.29) is 49.9 Å². The second kappa shape index (κ2) is 14.0. The summed E-state index contributed by atoms with van der Waals surface area (Å²) in [6, 6.07) is 21.3. The molecule has 220 valence electrons. The molecule has 0 aliphatic rings.